The first-order valence-corrected chi connectivity index (χ1v) is 11.1. The van der Waals surface area contributed by atoms with Crippen LogP contribution in [0.25, 0.3) is 0 Å². The van der Waals surface area contributed by atoms with E-state index in [9.17, 15) is 34.6 Å². The predicted molar refractivity (Wildman–Crippen MR) is 135 cm³/mol. The average molecular weight is 519 g/mol. The van der Waals surface area contributed by atoms with Crippen LogP contribution >= 0.6 is 0 Å². The zero-order valence-corrected chi connectivity index (χ0v) is 19.7. The molecule has 0 saturated carbocycles. The summed E-state index contributed by atoms with van der Waals surface area (Å²) in [5.41, 5.74) is 2.73. The predicted octanol–water partition coefficient (Wildman–Crippen LogP) is 3.38. The smallest absolute Gasteiger partial charge is 0.343 e. The van der Waals surface area contributed by atoms with E-state index in [0.29, 0.717) is 12.0 Å². The normalized spacial score (nSPS) is 10.5. The Balaban J connectivity index is 1.39. The van der Waals surface area contributed by atoms with Crippen molar-refractivity contribution < 1.29 is 29.0 Å². The molecule has 0 aliphatic heterocycles. The molecule has 13 heteroatoms. The summed E-state index contributed by atoms with van der Waals surface area (Å²) in [5.74, 6) is -1.39. The highest BCUT2D eigenvalue weighted by molar-refractivity contribution is 5.94. The first-order chi connectivity index (χ1) is 18.2. The molecule has 0 saturated heterocycles. The maximum absolute atomic E-state index is 12.2. The fourth-order valence-electron chi connectivity index (χ4n) is 3.08. The van der Waals surface area contributed by atoms with Crippen LogP contribution in [0.2, 0.25) is 0 Å². The summed E-state index contributed by atoms with van der Waals surface area (Å²) in [6.07, 6.45) is 1.79. The molecule has 38 heavy (non-hydrogen) atoms. The topological polar surface area (TPSA) is 183 Å². The van der Waals surface area contributed by atoms with Gasteiger partial charge in [-0.05, 0) is 48.4 Å². The molecule has 0 spiro atoms. The van der Waals surface area contributed by atoms with E-state index in [1.165, 1.54) is 60.8 Å². The molecule has 2 N–H and O–H groups in total. The Morgan fingerprint density at radius 2 is 1.47 bits per heavy atom. The van der Waals surface area contributed by atoms with Gasteiger partial charge in [0.2, 0.25) is 5.91 Å². The number of hydrazone groups is 1. The molecular weight excluding hydrogens is 498 g/mol. The van der Waals surface area contributed by atoms with Gasteiger partial charge < -0.3 is 10.1 Å². The molecule has 0 bridgehead atoms. The third-order valence-electron chi connectivity index (χ3n) is 4.97. The Bertz CT molecular complexity index is 1390. The fraction of sp³-hybridized carbons (Fsp3) is 0.120. The van der Waals surface area contributed by atoms with Gasteiger partial charge in [0.05, 0.1) is 21.6 Å². The summed E-state index contributed by atoms with van der Waals surface area (Å²) in [6, 6.07) is 16.7. The van der Waals surface area contributed by atoms with Gasteiger partial charge >= 0.3 is 5.97 Å². The van der Waals surface area contributed by atoms with E-state index in [1.54, 1.807) is 12.1 Å². The molecule has 0 fully saturated rings. The lowest BCUT2D eigenvalue weighted by Gasteiger charge is -2.05. The molecular formula is C25H21N5O8. The molecule has 2 amide bonds. The molecule has 194 valence electrons. The van der Waals surface area contributed by atoms with Gasteiger partial charge in [-0.25, -0.2) is 10.2 Å². The van der Waals surface area contributed by atoms with E-state index in [0.717, 1.165) is 6.07 Å². The highest BCUT2D eigenvalue weighted by atomic mass is 16.6. The fourth-order valence-corrected chi connectivity index (χ4v) is 3.08. The lowest BCUT2D eigenvalue weighted by atomic mass is 10.2. The lowest BCUT2D eigenvalue weighted by molar-refractivity contribution is -0.385. The highest BCUT2D eigenvalue weighted by Gasteiger charge is 2.14. The number of amides is 2. The number of nitro benzene ring substituents is 2. The second-order valence-corrected chi connectivity index (χ2v) is 7.73. The number of hydrogen-bond acceptors (Lipinski definition) is 9. The van der Waals surface area contributed by atoms with Crippen molar-refractivity contribution in [3.8, 4) is 5.75 Å². The molecule has 0 unspecified atom stereocenters. The summed E-state index contributed by atoms with van der Waals surface area (Å²) in [4.78, 5) is 56.7. The van der Waals surface area contributed by atoms with Gasteiger partial charge in [-0.3, -0.25) is 29.8 Å². The van der Waals surface area contributed by atoms with Gasteiger partial charge in [0.1, 0.15) is 5.75 Å². The van der Waals surface area contributed by atoms with Gasteiger partial charge in [-0.2, -0.15) is 5.10 Å². The van der Waals surface area contributed by atoms with Crippen molar-refractivity contribution >= 4 is 35.4 Å². The molecule has 3 rings (SSSR count). The molecule has 3 aromatic carbocycles. The third-order valence-corrected chi connectivity index (χ3v) is 4.97. The van der Waals surface area contributed by atoms with Crippen LogP contribution in [0.5, 0.6) is 5.75 Å². The van der Waals surface area contributed by atoms with Crippen molar-refractivity contribution in [3.05, 3.63) is 110 Å². The van der Waals surface area contributed by atoms with Crippen LogP contribution in [0.1, 0.15) is 39.1 Å². The quantitative estimate of drug-likeness (QED) is 0.0964. The summed E-state index contributed by atoms with van der Waals surface area (Å²) >= 11 is 0. The average Bonchev–Trinajstić information content (AvgIpc) is 2.92. The van der Waals surface area contributed by atoms with E-state index in [1.807, 2.05) is 0 Å². The van der Waals surface area contributed by atoms with Crippen LogP contribution in [0.4, 0.5) is 11.4 Å². The van der Waals surface area contributed by atoms with Crippen molar-refractivity contribution in [3.63, 3.8) is 0 Å². The number of non-ortho nitro benzene ring substituents is 2. The Morgan fingerprint density at radius 1 is 0.868 bits per heavy atom. The second-order valence-electron chi connectivity index (χ2n) is 7.73. The Kier molecular flexibility index (Phi) is 9.29. The van der Waals surface area contributed by atoms with Crippen LogP contribution in [0, 0.1) is 20.2 Å². The monoisotopic (exact) mass is 519 g/mol. The van der Waals surface area contributed by atoms with Crippen LogP contribution < -0.4 is 15.5 Å². The number of ether oxygens (including phenoxy) is 1. The molecule has 3 aromatic rings. The van der Waals surface area contributed by atoms with Gasteiger partial charge in [0.25, 0.3) is 17.3 Å². The van der Waals surface area contributed by atoms with E-state index < -0.39 is 21.7 Å². The number of carbonyl (C=O) groups is 3. The van der Waals surface area contributed by atoms with Crippen molar-refractivity contribution in [1.29, 1.82) is 0 Å². The lowest BCUT2D eigenvalue weighted by Crippen LogP contribution is -2.26. The number of carbonyl (C=O) groups excluding carboxylic acids is 3. The molecule has 0 atom stereocenters. The minimum atomic E-state index is -0.747. The maximum atomic E-state index is 12.2. The molecule has 0 heterocycles. The SMILES string of the molecule is O=C(CCCNC(=O)c1cccc([N+](=O)[O-])c1)NN=Cc1ccc(OC(=O)c2cccc([N+](=O)[O-])c2)cc1. The van der Waals surface area contributed by atoms with Crippen LogP contribution in [0.3, 0.4) is 0 Å². The molecule has 0 aliphatic rings. The standard InChI is InChI=1S/C25H21N5O8/c31-23(8-3-13-26-24(32)18-4-1-6-20(14-18)29(34)35)28-27-16-17-9-11-22(12-10-17)38-25(33)19-5-2-7-21(15-19)30(36)37/h1-2,4-7,9-12,14-16H,3,8,13H2,(H,26,32)(H,28,31). The Hall–Kier alpha value is -5.46. The van der Waals surface area contributed by atoms with Crippen LogP contribution in [-0.4, -0.2) is 40.4 Å². The summed E-state index contributed by atoms with van der Waals surface area (Å²) in [6.45, 7) is 0.190. The van der Waals surface area contributed by atoms with E-state index in [-0.39, 0.29) is 47.1 Å². The number of esters is 1. The van der Waals surface area contributed by atoms with Gasteiger partial charge in [0.15, 0.2) is 0 Å². The molecule has 13 nitrogen and oxygen atoms in total. The summed E-state index contributed by atoms with van der Waals surface area (Å²) in [7, 11) is 0. The number of rotatable bonds is 11. The maximum Gasteiger partial charge on any atom is 0.343 e. The van der Waals surface area contributed by atoms with Crippen molar-refractivity contribution in [2.45, 2.75) is 12.8 Å². The Labute approximate surface area is 215 Å². The highest BCUT2D eigenvalue weighted by Crippen LogP contribution is 2.17. The number of nitro groups is 2. The molecule has 0 aliphatic carbocycles. The molecule has 0 aromatic heterocycles. The van der Waals surface area contributed by atoms with E-state index in [4.69, 9.17) is 4.74 Å². The zero-order chi connectivity index (χ0) is 27.5. The second kappa shape index (κ2) is 13.0. The first kappa shape index (κ1) is 27.1. The Morgan fingerprint density at radius 3 is 2.11 bits per heavy atom. The van der Waals surface area contributed by atoms with Crippen molar-refractivity contribution in [2.24, 2.45) is 5.10 Å². The third kappa shape index (κ3) is 8.05. The van der Waals surface area contributed by atoms with E-state index >= 15 is 0 Å². The minimum absolute atomic E-state index is 0.0381. The van der Waals surface area contributed by atoms with Gasteiger partial charge in [-0.1, -0.05) is 12.1 Å². The largest absolute Gasteiger partial charge is 0.423 e. The van der Waals surface area contributed by atoms with E-state index in [2.05, 4.69) is 15.8 Å². The molecule has 0 radical (unpaired) electrons. The summed E-state index contributed by atoms with van der Waals surface area (Å²) in [5, 5.41) is 28.1. The first-order valence-electron chi connectivity index (χ1n) is 11.1. The van der Waals surface area contributed by atoms with Crippen molar-refractivity contribution in [2.75, 3.05) is 6.54 Å². The van der Waals surface area contributed by atoms with Gasteiger partial charge in [0, 0.05) is 42.8 Å². The summed E-state index contributed by atoms with van der Waals surface area (Å²) < 4.78 is 5.21. The minimum Gasteiger partial charge on any atom is -0.423 e. The number of hydrogen-bond donors (Lipinski definition) is 2. The van der Waals surface area contributed by atoms with Crippen molar-refractivity contribution in [1.82, 2.24) is 10.7 Å². The van der Waals surface area contributed by atoms with Gasteiger partial charge in [-0.15, -0.1) is 0 Å². The number of benzene rings is 3. The zero-order valence-electron chi connectivity index (χ0n) is 19.7. The van der Waals surface area contributed by atoms with Crippen LogP contribution in [0.15, 0.2) is 77.9 Å². The number of nitrogens with zero attached hydrogens (tertiary/aromatic N) is 3. The number of nitrogens with one attached hydrogen (secondary N) is 2. The van der Waals surface area contributed by atoms with Crippen LogP contribution in [-0.2, 0) is 4.79 Å².